The van der Waals surface area contributed by atoms with Gasteiger partial charge in [0.25, 0.3) is 0 Å². The summed E-state index contributed by atoms with van der Waals surface area (Å²) in [6.07, 6.45) is 19.9. The van der Waals surface area contributed by atoms with E-state index in [2.05, 4.69) is 50.7 Å². The fourth-order valence-corrected chi connectivity index (χ4v) is 11.6. The molecular formula is C40H50N10O2S2. The van der Waals surface area contributed by atoms with E-state index in [9.17, 15) is 8.42 Å². The van der Waals surface area contributed by atoms with Crippen molar-refractivity contribution in [3.05, 3.63) is 67.0 Å². The number of thiocarbonyl (C=S) groups is 1. The Labute approximate surface area is 322 Å². The SMILES string of the molecule is Cc1ccc(S(=O)(=O)N2CCCN(c3ncnc4[nH]ccc34)CC23CC3)cc1.S=C(CC1CCCC1)N1CCCN(c2ncnc3[nH]ccc23)CC12CC2. The number of aromatic nitrogens is 6. The molecule has 2 saturated heterocycles. The minimum absolute atomic E-state index is 0.250. The predicted octanol–water partition coefficient (Wildman–Crippen LogP) is 6.61. The third-order valence-corrected chi connectivity index (χ3v) is 14.8. The van der Waals surface area contributed by atoms with Gasteiger partial charge >= 0.3 is 0 Å². The highest BCUT2D eigenvalue weighted by Gasteiger charge is 2.55. The van der Waals surface area contributed by atoms with Crippen LogP contribution in [0.4, 0.5) is 11.6 Å². The van der Waals surface area contributed by atoms with E-state index in [1.54, 1.807) is 29.1 Å². The first-order chi connectivity index (χ1) is 26.2. The molecule has 2 N–H and O–H groups in total. The molecule has 2 spiro atoms. The minimum atomic E-state index is -3.52. The molecule has 0 radical (unpaired) electrons. The van der Waals surface area contributed by atoms with E-state index in [0.29, 0.717) is 18.0 Å². The molecule has 3 saturated carbocycles. The summed E-state index contributed by atoms with van der Waals surface area (Å²) in [7, 11) is -3.52. The van der Waals surface area contributed by atoms with Crippen molar-refractivity contribution in [2.45, 2.75) is 93.5 Å². The van der Waals surface area contributed by atoms with Crippen molar-refractivity contribution in [1.29, 1.82) is 0 Å². The Morgan fingerprint density at radius 1 is 0.741 bits per heavy atom. The molecule has 284 valence electrons. The first-order valence-corrected chi connectivity index (χ1v) is 21.6. The van der Waals surface area contributed by atoms with Gasteiger partial charge in [-0.2, -0.15) is 4.31 Å². The summed E-state index contributed by atoms with van der Waals surface area (Å²) in [5, 5.41) is 2.11. The van der Waals surface area contributed by atoms with Gasteiger partial charge in [0.1, 0.15) is 35.6 Å². The Balaban J connectivity index is 0.000000143. The molecule has 12 nitrogen and oxygen atoms in total. The van der Waals surface area contributed by atoms with Crippen LogP contribution in [0.25, 0.3) is 22.1 Å². The second-order valence-corrected chi connectivity index (χ2v) is 18.5. The number of nitrogens with zero attached hydrogens (tertiary/aromatic N) is 8. The van der Waals surface area contributed by atoms with Crippen LogP contribution in [-0.4, -0.2) is 103 Å². The highest BCUT2D eigenvalue weighted by atomic mass is 32.2. The standard InChI is InChI=1S/C20H23N5O2S.C20H27N5S/c1-15-3-5-16(6-4-15)28(26,27)25-12-2-11-24(13-20(25)8-9-20)19-17-7-10-21-18(17)22-14-23-19;26-17(12-15-4-1-2-5-15)25-11-3-10-24(13-20(25)7-8-20)19-16-6-9-21-18(16)22-14-23-19/h3-7,10,14H,2,8-9,11-13H2,1H3,(H,21,22,23);6,9,14-15H,1-5,7-8,10-13H2,(H,21,22,23). The van der Waals surface area contributed by atoms with E-state index in [1.165, 1.54) is 43.5 Å². The maximum absolute atomic E-state index is 13.4. The van der Waals surface area contributed by atoms with Gasteiger partial charge in [-0.05, 0) is 75.6 Å². The summed E-state index contributed by atoms with van der Waals surface area (Å²) in [6.45, 7) is 7.12. The molecule has 0 unspecified atom stereocenters. The summed E-state index contributed by atoms with van der Waals surface area (Å²) in [4.78, 5) is 33.0. The van der Waals surface area contributed by atoms with Crippen LogP contribution in [-0.2, 0) is 10.0 Å². The van der Waals surface area contributed by atoms with Gasteiger partial charge in [-0.1, -0.05) is 55.6 Å². The van der Waals surface area contributed by atoms with Crippen molar-refractivity contribution < 1.29 is 8.42 Å². The molecule has 10 rings (SSSR count). The van der Waals surface area contributed by atoms with E-state index in [-0.39, 0.29) is 11.1 Å². The van der Waals surface area contributed by atoms with E-state index < -0.39 is 10.0 Å². The average Bonchev–Trinajstić information content (AvgIpc) is 3.93. The number of anilines is 2. The monoisotopic (exact) mass is 766 g/mol. The molecule has 3 aliphatic carbocycles. The summed E-state index contributed by atoms with van der Waals surface area (Å²) in [6, 6.07) is 11.2. The van der Waals surface area contributed by atoms with Gasteiger partial charge in [0.2, 0.25) is 10.0 Å². The molecule has 4 aromatic heterocycles. The Bertz CT molecular complexity index is 2240. The van der Waals surface area contributed by atoms with Gasteiger partial charge in [-0.25, -0.2) is 28.4 Å². The van der Waals surface area contributed by atoms with Gasteiger partial charge in [0, 0.05) is 58.1 Å². The van der Waals surface area contributed by atoms with Crippen LogP contribution in [0.5, 0.6) is 0 Å². The minimum Gasteiger partial charge on any atom is -0.359 e. The van der Waals surface area contributed by atoms with Crippen LogP contribution in [0.3, 0.4) is 0 Å². The predicted molar refractivity (Wildman–Crippen MR) is 216 cm³/mol. The van der Waals surface area contributed by atoms with Crippen molar-refractivity contribution in [3.8, 4) is 0 Å². The number of nitrogens with one attached hydrogen (secondary N) is 2. The molecule has 5 fully saturated rings. The van der Waals surface area contributed by atoms with Crippen LogP contribution in [0, 0.1) is 12.8 Å². The van der Waals surface area contributed by atoms with Crippen LogP contribution < -0.4 is 9.80 Å². The van der Waals surface area contributed by atoms with Crippen molar-refractivity contribution in [2.75, 3.05) is 49.1 Å². The Hall–Kier alpha value is -4.14. The Morgan fingerprint density at radius 3 is 1.87 bits per heavy atom. The van der Waals surface area contributed by atoms with Crippen molar-refractivity contribution >= 4 is 60.9 Å². The highest BCUT2D eigenvalue weighted by molar-refractivity contribution is 7.89. The zero-order valence-electron chi connectivity index (χ0n) is 31.1. The topological polar surface area (TPSA) is 130 Å². The van der Waals surface area contributed by atoms with E-state index in [0.717, 1.165) is 103 Å². The second kappa shape index (κ2) is 14.2. The fourth-order valence-electron chi connectivity index (χ4n) is 9.21. The van der Waals surface area contributed by atoms with E-state index >= 15 is 0 Å². The van der Waals surface area contributed by atoms with E-state index in [4.69, 9.17) is 12.2 Å². The lowest BCUT2D eigenvalue weighted by Crippen LogP contribution is -2.46. The van der Waals surface area contributed by atoms with Crippen LogP contribution in [0.2, 0.25) is 0 Å². The van der Waals surface area contributed by atoms with Crippen LogP contribution in [0.15, 0.2) is 66.3 Å². The number of H-pyrrole nitrogens is 2. The van der Waals surface area contributed by atoms with Gasteiger partial charge in [0.05, 0.1) is 31.7 Å². The number of fused-ring (bicyclic) bond motifs is 2. The first-order valence-electron chi connectivity index (χ1n) is 19.7. The van der Waals surface area contributed by atoms with Gasteiger partial charge in [0.15, 0.2) is 0 Å². The third kappa shape index (κ3) is 6.74. The molecule has 6 heterocycles. The van der Waals surface area contributed by atoms with Gasteiger partial charge < -0.3 is 24.7 Å². The second-order valence-electron chi connectivity index (χ2n) is 16.2. The molecule has 5 aromatic rings. The molecule has 54 heavy (non-hydrogen) atoms. The summed E-state index contributed by atoms with van der Waals surface area (Å²) in [5.74, 6) is 2.79. The largest absolute Gasteiger partial charge is 0.359 e. The number of hydrogen-bond donors (Lipinski definition) is 2. The van der Waals surface area contributed by atoms with E-state index in [1.807, 2.05) is 37.5 Å². The maximum Gasteiger partial charge on any atom is 0.243 e. The smallest absolute Gasteiger partial charge is 0.243 e. The Kier molecular flexibility index (Phi) is 9.33. The molecule has 2 aliphatic heterocycles. The van der Waals surface area contributed by atoms with Crippen molar-refractivity contribution in [3.63, 3.8) is 0 Å². The molecule has 14 heteroatoms. The molecule has 0 atom stereocenters. The molecule has 0 amide bonds. The molecule has 1 aromatic carbocycles. The Morgan fingerprint density at radius 2 is 1.30 bits per heavy atom. The zero-order chi connectivity index (χ0) is 36.9. The highest BCUT2D eigenvalue weighted by Crippen LogP contribution is 2.48. The van der Waals surface area contributed by atoms with Gasteiger partial charge in [-0.3, -0.25) is 0 Å². The van der Waals surface area contributed by atoms with Crippen LogP contribution >= 0.6 is 12.2 Å². The number of benzene rings is 1. The van der Waals surface area contributed by atoms with Gasteiger partial charge in [-0.15, -0.1) is 0 Å². The normalized spacial score (nSPS) is 21.3. The fraction of sp³-hybridized carbons (Fsp3) is 0.525. The number of hydrogen-bond acceptors (Lipinski definition) is 9. The molecule has 5 aliphatic rings. The number of aryl methyl sites for hydroxylation is 1. The zero-order valence-corrected chi connectivity index (χ0v) is 32.7. The lowest BCUT2D eigenvalue weighted by molar-refractivity contribution is 0.306. The number of aromatic amines is 2. The lowest BCUT2D eigenvalue weighted by atomic mass is 10.0. The number of sulfonamides is 1. The lowest BCUT2D eigenvalue weighted by Gasteiger charge is -2.35. The van der Waals surface area contributed by atoms with Crippen molar-refractivity contribution in [1.82, 2.24) is 39.1 Å². The molecular weight excluding hydrogens is 717 g/mol. The summed E-state index contributed by atoms with van der Waals surface area (Å²) < 4.78 is 28.5. The molecule has 0 bridgehead atoms. The quantitative estimate of drug-likeness (QED) is 0.182. The number of rotatable bonds is 6. The van der Waals surface area contributed by atoms with Crippen molar-refractivity contribution in [2.24, 2.45) is 5.92 Å². The summed E-state index contributed by atoms with van der Waals surface area (Å²) in [5.41, 5.74) is 2.70. The average molecular weight is 767 g/mol. The van der Waals surface area contributed by atoms with Crippen LogP contribution in [0.1, 0.15) is 76.2 Å². The summed E-state index contributed by atoms with van der Waals surface area (Å²) >= 11 is 5.96. The third-order valence-electron chi connectivity index (χ3n) is 12.4. The maximum atomic E-state index is 13.4. The first kappa shape index (κ1) is 35.6.